The van der Waals surface area contributed by atoms with E-state index in [-0.39, 0.29) is 10.8 Å². The molecular weight excluding hydrogens is 236 g/mol. The number of hydrogen-bond acceptors (Lipinski definition) is 2. The predicted molar refractivity (Wildman–Crippen MR) is 80.7 cm³/mol. The fourth-order valence-corrected chi connectivity index (χ4v) is 2.11. The average molecular weight is 262 g/mol. The Bertz CT molecular complexity index is 438. The molecule has 1 rings (SSSR count). The molecule has 1 unspecified atom stereocenters. The number of phenols is 1. The quantitative estimate of drug-likeness (QED) is 0.784. The molecule has 106 valence electrons. The molecule has 0 amide bonds. The third-order valence-corrected chi connectivity index (χ3v) is 3.31. The van der Waals surface area contributed by atoms with Gasteiger partial charge in [-0.3, -0.25) is 0 Å². The SMILES string of the molecule is C=CC(O)c1cc(C(C)(C)C)c(O)c(C(C)(C)C)c1. The predicted octanol–water partition coefficient (Wildman–Crippen LogP) is 4.21. The van der Waals surface area contributed by atoms with Crippen LogP contribution in [-0.4, -0.2) is 10.2 Å². The maximum atomic E-state index is 10.5. The van der Waals surface area contributed by atoms with Crippen LogP contribution in [0.25, 0.3) is 0 Å². The van der Waals surface area contributed by atoms with Crippen molar-refractivity contribution in [2.24, 2.45) is 0 Å². The molecule has 0 heterocycles. The second-order valence-corrected chi connectivity index (χ2v) is 7.15. The first-order valence-corrected chi connectivity index (χ1v) is 6.67. The van der Waals surface area contributed by atoms with Gasteiger partial charge in [-0.15, -0.1) is 6.58 Å². The first kappa shape index (κ1) is 15.8. The van der Waals surface area contributed by atoms with Crippen LogP contribution >= 0.6 is 0 Å². The van der Waals surface area contributed by atoms with Crippen molar-refractivity contribution in [3.05, 3.63) is 41.5 Å². The molecule has 1 aromatic rings. The molecule has 0 spiro atoms. The summed E-state index contributed by atoms with van der Waals surface area (Å²) in [4.78, 5) is 0. The molecule has 19 heavy (non-hydrogen) atoms. The lowest BCUT2D eigenvalue weighted by molar-refractivity contribution is 0.228. The van der Waals surface area contributed by atoms with Gasteiger partial charge in [0.05, 0.1) is 6.10 Å². The number of aliphatic hydroxyl groups excluding tert-OH is 1. The Morgan fingerprint density at radius 3 is 1.63 bits per heavy atom. The second-order valence-electron chi connectivity index (χ2n) is 7.15. The number of rotatable bonds is 2. The molecule has 2 nitrogen and oxygen atoms in total. The lowest BCUT2D eigenvalue weighted by Gasteiger charge is -2.28. The first-order valence-electron chi connectivity index (χ1n) is 6.67. The zero-order chi connectivity index (χ0) is 15.0. The summed E-state index contributed by atoms with van der Waals surface area (Å²) in [5.74, 6) is 0.333. The zero-order valence-corrected chi connectivity index (χ0v) is 12.9. The summed E-state index contributed by atoms with van der Waals surface area (Å²) < 4.78 is 0. The Balaban J connectivity index is 3.62. The van der Waals surface area contributed by atoms with Gasteiger partial charge in [-0.1, -0.05) is 47.6 Å². The van der Waals surface area contributed by atoms with E-state index in [1.54, 1.807) is 0 Å². The number of aromatic hydroxyl groups is 1. The minimum atomic E-state index is -0.706. The largest absolute Gasteiger partial charge is 0.507 e. The Hall–Kier alpha value is -1.28. The number of hydrogen-bond donors (Lipinski definition) is 2. The molecule has 0 radical (unpaired) electrons. The lowest BCUT2D eigenvalue weighted by Crippen LogP contribution is -2.18. The minimum Gasteiger partial charge on any atom is -0.507 e. The van der Waals surface area contributed by atoms with Crippen LogP contribution in [0.4, 0.5) is 0 Å². The van der Waals surface area contributed by atoms with E-state index in [4.69, 9.17) is 0 Å². The summed E-state index contributed by atoms with van der Waals surface area (Å²) in [5, 5.41) is 20.5. The van der Waals surface area contributed by atoms with Crippen molar-refractivity contribution in [2.45, 2.75) is 58.5 Å². The molecule has 0 saturated heterocycles. The molecule has 0 fully saturated rings. The second kappa shape index (κ2) is 5.01. The van der Waals surface area contributed by atoms with Crippen molar-refractivity contribution in [2.75, 3.05) is 0 Å². The van der Waals surface area contributed by atoms with Gasteiger partial charge in [-0.05, 0) is 39.7 Å². The van der Waals surface area contributed by atoms with E-state index in [0.29, 0.717) is 5.75 Å². The van der Waals surface area contributed by atoms with Crippen molar-refractivity contribution in [1.29, 1.82) is 0 Å². The van der Waals surface area contributed by atoms with Crippen LogP contribution in [0.2, 0.25) is 0 Å². The van der Waals surface area contributed by atoms with Crippen LogP contribution in [0.1, 0.15) is 64.3 Å². The number of benzene rings is 1. The average Bonchev–Trinajstić information content (AvgIpc) is 2.25. The van der Waals surface area contributed by atoms with Gasteiger partial charge in [-0.25, -0.2) is 0 Å². The molecule has 0 aromatic heterocycles. The van der Waals surface area contributed by atoms with Crippen molar-refractivity contribution >= 4 is 0 Å². The van der Waals surface area contributed by atoms with Gasteiger partial charge in [0.25, 0.3) is 0 Å². The molecule has 0 aliphatic carbocycles. The zero-order valence-electron chi connectivity index (χ0n) is 12.9. The molecule has 2 heteroatoms. The van der Waals surface area contributed by atoms with E-state index in [2.05, 4.69) is 48.1 Å². The summed E-state index contributed by atoms with van der Waals surface area (Å²) >= 11 is 0. The van der Waals surface area contributed by atoms with Crippen molar-refractivity contribution in [1.82, 2.24) is 0 Å². The highest BCUT2D eigenvalue weighted by atomic mass is 16.3. The molecule has 0 saturated carbocycles. The van der Waals surface area contributed by atoms with Gasteiger partial charge in [0.15, 0.2) is 0 Å². The van der Waals surface area contributed by atoms with Gasteiger partial charge in [0.1, 0.15) is 5.75 Å². The fourth-order valence-electron chi connectivity index (χ4n) is 2.11. The van der Waals surface area contributed by atoms with Crippen LogP contribution in [-0.2, 0) is 10.8 Å². The fraction of sp³-hybridized carbons (Fsp3) is 0.529. The first-order chi connectivity index (χ1) is 8.48. The highest BCUT2D eigenvalue weighted by molar-refractivity contribution is 5.50. The summed E-state index contributed by atoms with van der Waals surface area (Å²) in [5.41, 5.74) is 2.14. The van der Waals surface area contributed by atoms with Crippen LogP contribution < -0.4 is 0 Å². The summed E-state index contributed by atoms with van der Waals surface area (Å²) in [6, 6.07) is 3.74. The van der Waals surface area contributed by atoms with Gasteiger partial charge in [0.2, 0.25) is 0 Å². The van der Waals surface area contributed by atoms with Gasteiger partial charge in [0, 0.05) is 0 Å². The highest BCUT2D eigenvalue weighted by Gasteiger charge is 2.27. The maximum absolute atomic E-state index is 10.5. The molecule has 2 N–H and O–H groups in total. The molecule has 0 aliphatic heterocycles. The highest BCUT2D eigenvalue weighted by Crippen LogP contribution is 2.40. The smallest absolute Gasteiger partial charge is 0.123 e. The van der Waals surface area contributed by atoms with E-state index in [1.165, 1.54) is 6.08 Å². The monoisotopic (exact) mass is 262 g/mol. The third kappa shape index (κ3) is 3.38. The van der Waals surface area contributed by atoms with Crippen molar-refractivity contribution < 1.29 is 10.2 Å². The van der Waals surface area contributed by atoms with Crippen molar-refractivity contribution in [3.63, 3.8) is 0 Å². The van der Waals surface area contributed by atoms with Crippen LogP contribution in [0.15, 0.2) is 24.8 Å². The van der Waals surface area contributed by atoms with Gasteiger partial charge in [-0.2, -0.15) is 0 Å². The molecule has 1 atom stereocenters. The third-order valence-electron chi connectivity index (χ3n) is 3.31. The Morgan fingerprint density at radius 2 is 1.37 bits per heavy atom. The van der Waals surface area contributed by atoms with Gasteiger partial charge < -0.3 is 10.2 Å². The molecule has 0 aliphatic rings. The number of aliphatic hydroxyl groups is 1. The normalized spacial score (nSPS) is 14.3. The number of phenolic OH excluding ortho intramolecular Hbond substituents is 1. The van der Waals surface area contributed by atoms with E-state index in [9.17, 15) is 10.2 Å². The molecule has 1 aromatic carbocycles. The van der Waals surface area contributed by atoms with E-state index in [0.717, 1.165) is 16.7 Å². The Morgan fingerprint density at radius 1 is 1.00 bits per heavy atom. The van der Waals surface area contributed by atoms with Crippen LogP contribution in [0, 0.1) is 0 Å². The van der Waals surface area contributed by atoms with Gasteiger partial charge >= 0.3 is 0 Å². The molecule has 0 bridgehead atoms. The lowest BCUT2D eigenvalue weighted by atomic mass is 9.78. The summed E-state index contributed by atoms with van der Waals surface area (Å²) in [6.45, 7) is 16.0. The minimum absolute atomic E-state index is 0.180. The van der Waals surface area contributed by atoms with E-state index in [1.807, 2.05) is 12.1 Å². The summed E-state index contributed by atoms with van der Waals surface area (Å²) in [7, 11) is 0. The van der Waals surface area contributed by atoms with Crippen LogP contribution in [0.5, 0.6) is 5.75 Å². The van der Waals surface area contributed by atoms with E-state index < -0.39 is 6.10 Å². The topological polar surface area (TPSA) is 40.5 Å². The standard InChI is InChI=1S/C17H26O2/c1-8-14(18)11-9-12(16(2,3)4)15(19)13(10-11)17(5,6)7/h8-10,14,18-19H,1H2,2-7H3. The molecular formula is C17H26O2. The Kier molecular flexibility index (Phi) is 4.16. The van der Waals surface area contributed by atoms with Crippen molar-refractivity contribution in [3.8, 4) is 5.75 Å². The van der Waals surface area contributed by atoms with Crippen LogP contribution in [0.3, 0.4) is 0 Å². The Labute approximate surface area is 116 Å². The van der Waals surface area contributed by atoms with E-state index >= 15 is 0 Å². The maximum Gasteiger partial charge on any atom is 0.123 e. The summed E-state index contributed by atoms with van der Waals surface area (Å²) in [6.07, 6.45) is 0.799.